The van der Waals surface area contributed by atoms with Crippen LogP contribution in [0, 0.1) is 11.8 Å². The average molecular weight is 374 g/mol. The van der Waals surface area contributed by atoms with Crippen LogP contribution >= 0.6 is 0 Å². The molecule has 1 aromatic rings. The number of piperidine rings is 1. The van der Waals surface area contributed by atoms with Gasteiger partial charge in [0.15, 0.2) is 0 Å². The van der Waals surface area contributed by atoms with E-state index in [2.05, 4.69) is 59.9 Å². The van der Waals surface area contributed by atoms with E-state index in [1.807, 2.05) is 5.01 Å². The molecule has 2 aliphatic rings. The molecule has 0 unspecified atom stereocenters. The summed E-state index contributed by atoms with van der Waals surface area (Å²) >= 11 is 0. The van der Waals surface area contributed by atoms with Crippen LogP contribution in [0.2, 0.25) is 0 Å². The molecule has 2 aliphatic heterocycles. The van der Waals surface area contributed by atoms with Crippen LogP contribution in [-0.2, 0) is 6.54 Å². The zero-order valence-corrected chi connectivity index (χ0v) is 17.6. The Labute approximate surface area is 166 Å². The Morgan fingerprint density at radius 3 is 2.22 bits per heavy atom. The molecular formula is C22H39N5. The molecule has 2 N–H and O–H groups in total. The van der Waals surface area contributed by atoms with E-state index < -0.39 is 0 Å². The van der Waals surface area contributed by atoms with Gasteiger partial charge in [-0.15, -0.1) is 0 Å². The first-order valence-corrected chi connectivity index (χ1v) is 10.7. The SMILES string of the molecule is CC(C)CN1CCC(CN(C)Cc2ccc(N3CCN(N)CC3)cc2)CC1. The van der Waals surface area contributed by atoms with Gasteiger partial charge in [0.05, 0.1) is 0 Å². The number of rotatable bonds is 7. The van der Waals surface area contributed by atoms with Gasteiger partial charge < -0.3 is 14.7 Å². The van der Waals surface area contributed by atoms with Crippen LogP contribution in [0.15, 0.2) is 24.3 Å². The van der Waals surface area contributed by atoms with Gasteiger partial charge in [-0.2, -0.15) is 0 Å². The van der Waals surface area contributed by atoms with Gasteiger partial charge in [-0.25, -0.2) is 5.01 Å². The molecule has 0 aliphatic carbocycles. The minimum Gasteiger partial charge on any atom is -0.369 e. The highest BCUT2D eigenvalue weighted by molar-refractivity contribution is 5.48. The lowest BCUT2D eigenvalue weighted by atomic mass is 9.95. The third-order valence-electron chi connectivity index (χ3n) is 5.97. The van der Waals surface area contributed by atoms with Crippen molar-refractivity contribution in [2.24, 2.45) is 17.7 Å². The third-order valence-corrected chi connectivity index (χ3v) is 5.97. The second-order valence-electron chi connectivity index (χ2n) is 9.02. The van der Waals surface area contributed by atoms with Gasteiger partial charge in [-0.1, -0.05) is 26.0 Å². The normalized spacial score (nSPS) is 20.7. The molecule has 0 saturated carbocycles. The zero-order valence-electron chi connectivity index (χ0n) is 17.6. The molecule has 152 valence electrons. The van der Waals surface area contributed by atoms with Crippen molar-refractivity contribution in [2.45, 2.75) is 33.2 Å². The van der Waals surface area contributed by atoms with Gasteiger partial charge in [0, 0.05) is 51.5 Å². The molecule has 2 heterocycles. The molecule has 0 amide bonds. The molecule has 0 atom stereocenters. The van der Waals surface area contributed by atoms with Crippen molar-refractivity contribution in [3.05, 3.63) is 29.8 Å². The topological polar surface area (TPSA) is 39.0 Å². The van der Waals surface area contributed by atoms with Crippen LogP contribution in [0.25, 0.3) is 0 Å². The van der Waals surface area contributed by atoms with Crippen molar-refractivity contribution in [1.29, 1.82) is 0 Å². The van der Waals surface area contributed by atoms with E-state index >= 15 is 0 Å². The summed E-state index contributed by atoms with van der Waals surface area (Å²) in [6.07, 6.45) is 2.70. The maximum atomic E-state index is 5.86. The fourth-order valence-corrected chi connectivity index (χ4v) is 4.48. The van der Waals surface area contributed by atoms with E-state index in [1.54, 1.807) is 0 Å². The molecule has 5 nitrogen and oxygen atoms in total. The molecule has 2 fully saturated rings. The van der Waals surface area contributed by atoms with Crippen molar-refractivity contribution in [1.82, 2.24) is 14.8 Å². The van der Waals surface area contributed by atoms with Crippen LogP contribution in [-0.4, -0.2) is 74.2 Å². The molecule has 1 aromatic carbocycles. The van der Waals surface area contributed by atoms with Gasteiger partial charge in [-0.3, -0.25) is 5.84 Å². The maximum absolute atomic E-state index is 5.86. The maximum Gasteiger partial charge on any atom is 0.0367 e. The highest BCUT2D eigenvalue weighted by Crippen LogP contribution is 2.21. The minimum absolute atomic E-state index is 0.784. The molecule has 27 heavy (non-hydrogen) atoms. The number of hydrogen-bond acceptors (Lipinski definition) is 5. The van der Waals surface area contributed by atoms with Crippen LogP contribution in [0.5, 0.6) is 0 Å². The number of nitrogens with zero attached hydrogens (tertiary/aromatic N) is 4. The number of piperazine rings is 1. The Balaban J connectivity index is 1.41. The fraction of sp³-hybridized carbons (Fsp3) is 0.727. The van der Waals surface area contributed by atoms with E-state index in [0.29, 0.717) is 0 Å². The molecule has 5 heteroatoms. The van der Waals surface area contributed by atoms with E-state index in [0.717, 1.165) is 44.6 Å². The first kappa shape index (κ1) is 20.6. The smallest absolute Gasteiger partial charge is 0.0367 e. The van der Waals surface area contributed by atoms with Crippen molar-refractivity contribution in [2.75, 3.05) is 64.3 Å². The van der Waals surface area contributed by atoms with Gasteiger partial charge in [0.1, 0.15) is 0 Å². The van der Waals surface area contributed by atoms with Gasteiger partial charge in [-0.05, 0) is 62.5 Å². The quantitative estimate of drug-likeness (QED) is 0.744. The molecular weight excluding hydrogens is 334 g/mol. The van der Waals surface area contributed by atoms with E-state index in [-0.39, 0.29) is 0 Å². The molecule has 0 radical (unpaired) electrons. The fourth-order valence-electron chi connectivity index (χ4n) is 4.48. The van der Waals surface area contributed by atoms with Gasteiger partial charge in [0.2, 0.25) is 0 Å². The first-order valence-electron chi connectivity index (χ1n) is 10.7. The van der Waals surface area contributed by atoms with Gasteiger partial charge in [0.25, 0.3) is 0 Å². The summed E-state index contributed by atoms with van der Waals surface area (Å²) < 4.78 is 0. The summed E-state index contributed by atoms with van der Waals surface area (Å²) in [6.45, 7) is 14.7. The number of hydrogen-bond donors (Lipinski definition) is 1. The summed E-state index contributed by atoms with van der Waals surface area (Å²) in [5.74, 6) is 7.49. The Hall–Kier alpha value is -1.14. The minimum atomic E-state index is 0.784. The first-order chi connectivity index (χ1) is 13.0. The number of benzene rings is 1. The molecule has 2 saturated heterocycles. The summed E-state index contributed by atoms with van der Waals surface area (Å²) in [4.78, 5) is 7.58. The van der Waals surface area contributed by atoms with E-state index in [9.17, 15) is 0 Å². The summed E-state index contributed by atoms with van der Waals surface area (Å²) in [7, 11) is 2.27. The van der Waals surface area contributed by atoms with Crippen molar-refractivity contribution < 1.29 is 0 Å². The lowest BCUT2D eigenvalue weighted by Gasteiger charge is -2.35. The number of anilines is 1. The standard InChI is InChI=1S/C22H39N5/c1-19(2)16-25-10-8-21(9-11-25)18-24(3)17-20-4-6-22(7-5-20)26-12-14-27(23)15-13-26/h4-7,19,21H,8-18,23H2,1-3H3. The predicted octanol–water partition coefficient (Wildman–Crippen LogP) is 2.48. The largest absolute Gasteiger partial charge is 0.369 e. The third kappa shape index (κ3) is 6.46. The second-order valence-corrected chi connectivity index (χ2v) is 9.02. The monoisotopic (exact) mass is 373 g/mol. The van der Waals surface area contributed by atoms with Crippen LogP contribution < -0.4 is 10.7 Å². The van der Waals surface area contributed by atoms with Gasteiger partial charge >= 0.3 is 0 Å². The zero-order chi connectivity index (χ0) is 19.2. The number of hydrazine groups is 1. The van der Waals surface area contributed by atoms with Crippen molar-refractivity contribution >= 4 is 5.69 Å². The Kier molecular flexibility index (Phi) is 7.53. The Morgan fingerprint density at radius 2 is 1.63 bits per heavy atom. The van der Waals surface area contributed by atoms with Crippen LogP contribution in [0.3, 0.4) is 0 Å². The highest BCUT2D eigenvalue weighted by Gasteiger charge is 2.21. The molecule has 0 spiro atoms. The molecule has 0 aromatic heterocycles. The van der Waals surface area contributed by atoms with Crippen LogP contribution in [0.1, 0.15) is 32.3 Å². The summed E-state index contributed by atoms with van der Waals surface area (Å²) in [5, 5.41) is 1.91. The van der Waals surface area contributed by atoms with E-state index in [1.165, 1.54) is 50.3 Å². The molecule has 0 bridgehead atoms. The van der Waals surface area contributed by atoms with Crippen molar-refractivity contribution in [3.8, 4) is 0 Å². The van der Waals surface area contributed by atoms with E-state index in [4.69, 9.17) is 5.84 Å². The summed E-state index contributed by atoms with van der Waals surface area (Å²) in [5.41, 5.74) is 2.74. The Morgan fingerprint density at radius 1 is 1.00 bits per heavy atom. The van der Waals surface area contributed by atoms with Crippen LogP contribution in [0.4, 0.5) is 5.69 Å². The lowest BCUT2D eigenvalue weighted by Crippen LogP contribution is -2.49. The highest BCUT2D eigenvalue weighted by atomic mass is 15.4. The Bertz CT molecular complexity index is 542. The lowest BCUT2D eigenvalue weighted by molar-refractivity contribution is 0.141. The number of likely N-dealkylation sites (tertiary alicyclic amines) is 1. The molecule has 3 rings (SSSR count). The second kappa shape index (κ2) is 9.87. The van der Waals surface area contributed by atoms with Crippen molar-refractivity contribution in [3.63, 3.8) is 0 Å². The average Bonchev–Trinajstić information content (AvgIpc) is 2.64. The number of nitrogens with two attached hydrogens (primary N) is 1. The predicted molar refractivity (Wildman–Crippen MR) is 115 cm³/mol. The summed E-state index contributed by atoms with van der Waals surface area (Å²) in [6, 6.07) is 9.15.